The monoisotopic (exact) mass is 274 g/mol. The van der Waals surface area contributed by atoms with E-state index in [1.807, 2.05) is 0 Å². The second kappa shape index (κ2) is 8.04. The molecule has 0 heterocycles. The van der Waals surface area contributed by atoms with Gasteiger partial charge in [0.15, 0.2) is 0 Å². The van der Waals surface area contributed by atoms with E-state index in [1.54, 1.807) is 0 Å². The summed E-state index contributed by atoms with van der Waals surface area (Å²) in [6.07, 6.45) is -0.661. The fourth-order valence-corrected chi connectivity index (χ4v) is 3.26. The lowest BCUT2D eigenvalue weighted by Gasteiger charge is -2.30. The van der Waals surface area contributed by atoms with Crippen molar-refractivity contribution in [3.63, 3.8) is 0 Å². The molecule has 0 amide bonds. The first kappa shape index (κ1) is 16.8. The number of carbonyl (C=O) groups excluding carboxylic acids is 3. The Kier molecular flexibility index (Phi) is 7.52. The summed E-state index contributed by atoms with van der Waals surface area (Å²) in [6.45, 7) is 8.04. The molecule has 0 N–H and O–H groups in total. The summed E-state index contributed by atoms with van der Waals surface area (Å²) in [7, 11) is -3.45. The fraction of sp³-hybridized carbons (Fsp3) is 0.545. The highest BCUT2D eigenvalue weighted by molar-refractivity contribution is 6.66. The summed E-state index contributed by atoms with van der Waals surface area (Å²) in [5, 5.41) is 0. The van der Waals surface area contributed by atoms with Crippen molar-refractivity contribution in [1.82, 2.24) is 0 Å². The first-order valence-corrected chi connectivity index (χ1v) is 7.26. The van der Waals surface area contributed by atoms with Gasteiger partial charge >= 0.3 is 8.80 Å². The Labute approximate surface area is 107 Å². The maximum Gasteiger partial charge on any atom is 0.530 e. The van der Waals surface area contributed by atoms with Crippen LogP contribution in [0.15, 0.2) is 12.3 Å². The molecule has 3 atom stereocenters. The quantitative estimate of drug-likeness (QED) is 0.425. The van der Waals surface area contributed by atoms with Gasteiger partial charge in [0.05, 0.1) is 0 Å². The van der Waals surface area contributed by atoms with E-state index in [-0.39, 0.29) is 0 Å². The molecule has 0 saturated carbocycles. The smallest absolute Gasteiger partial charge is 0.361 e. The maximum atomic E-state index is 10.6. The first-order valence-electron chi connectivity index (χ1n) is 5.46. The molecule has 0 fully saturated rings. The summed E-state index contributed by atoms with van der Waals surface area (Å²) < 4.78 is 16.1. The number of carbonyl (C=O) groups is 3. The molecule has 0 bridgehead atoms. The zero-order valence-electron chi connectivity index (χ0n) is 10.7. The van der Waals surface area contributed by atoms with Crippen LogP contribution in [0, 0.1) is 0 Å². The third kappa shape index (κ3) is 5.45. The van der Waals surface area contributed by atoms with Crippen LogP contribution in [-0.2, 0) is 27.7 Å². The van der Waals surface area contributed by atoms with E-state index < -0.39 is 27.1 Å². The Morgan fingerprint density at radius 3 is 1.28 bits per heavy atom. The second-order valence-electron chi connectivity index (χ2n) is 3.68. The number of hydrogen-bond donors (Lipinski definition) is 0. The van der Waals surface area contributed by atoms with Crippen molar-refractivity contribution in [2.45, 2.75) is 39.1 Å². The Hall–Kier alpha value is -1.15. The molecule has 0 spiro atoms. The van der Waals surface area contributed by atoms with Gasteiger partial charge in [-0.3, -0.25) is 0 Å². The van der Waals surface area contributed by atoms with Crippen LogP contribution in [0.1, 0.15) is 20.8 Å². The van der Waals surface area contributed by atoms with Crippen molar-refractivity contribution in [3.05, 3.63) is 12.3 Å². The highest BCUT2D eigenvalue weighted by atomic mass is 28.4. The van der Waals surface area contributed by atoms with Crippen LogP contribution in [0.3, 0.4) is 0 Å². The predicted molar refractivity (Wildman–Crippen MR) is 65.8 cm³/mol. The van der Waals surface area contributed by atoms with Gasteiger partial charge in [0.25, 0.3) is 0 Å². The normalized spacial score (nSPS) is 19.1. The van der Waals surface area contributed by atoms with Crippen molar-refractivity contribution in [1.29, 1.82) is 0 Å². The molecule has 0 aliphatic rings. The molecule has 0 aliphatic heterocycles. The summed E-state index contributed by atoms with van der Waals surface area (Å²) >= 11 is 0. The third-order valence-corrected chi connectivity index (χ3v) is 4.48. The molecule has 3 unspecified atom stereocenters. The molecule has 6 nitrogen and oxygen atoms in total. The summed E-state index contributed by atoms with van der Waals surface area (Å²) in [5.74, 6) is 0. The highest BCUT2D eigenvalue weighted by Gasteiger charge is 2.43. The summed E-state index contributed by atoms with van der Waals surface area (Å²) in [6, 6.07) is 0. The Morgan fingerprint density at radius 2 is 1.11 bits per heavy atom. The summed E-state index contributed by atoms with van der Waals surface area (Å²) in [5.41, 5.74) is 1.28. The lowest BCUT2D eigenvalue weighted by molar-refractivity contribution is -0.121. The minimum Gasteiger partial charge on any atom is -0.361 e. The first-order chi connectivity index (χ1) is 8.42. The van der Waals surface area contributed by atoms with Crippen LogP contribution in [0.4, 0.5) is 0 Å². The molecule has 0 saturated heterocycles. The maximum absolute atomic E-state index is 10.6. The molecule has 0 aromatic carbocycles. The number of rotatable bonds is 10. The molecule has 102 valence electrons. The van der Waals surface area contributed by atoms with Gasteiger partial charge < -0.3 is 27.7 Å². The van der Waals surface area contributed by atoms with Crippen LogP contribution in [-0.4, -0.2) is 46.0 Å². The van der Waals surface area contributed by atoms with E-state index >= 15 is 0 Å². The van der Waals surface area contributed by atoms with Crippen LogP contribution in [0.25, 0.3) is 0 Å². The van der Waals surface area contributed by atoms with E-state index in [9.17, 15) is 14.4 Å². The van der Waals surface area contributed by atoms with Gasteiger partial charge in [0, 0.05) is 0 Å². The lowest BCUT2D eigenvalue weighted by atomic mass is 10.5. The Balaban J connectivity index is 5.03. The average Bonchev–Trinajstić information content (AvgIpc) is 2.37. The molecular formula is C11H18O6Si. The van der Waals surface area contributed by atoms with E-state index in [1.165, 1.54) is 26.5 Å². The lowest BCUT2D eigenvalue weighted by Crippen LogP contribution is -2.51. The van der Waals surface area contributed by atoms with E-state index in [0.717, 1.165) is 0 Å². The van der Waals surface area contributed by atoms with Crippen LogP contribution in [0.2, 0.25) is 0 Å². The molecule has 0 aliphatic carbocycles. The minimum atomic E-state index is -3.45. The standard InChI is InChI=1S/C11H18O6Si/c1-5-18(15-9(2)6-12,16-10(3)7-13)17-11(4)8-14/h5-11H,1H2,2-4H3. The van der Waals surface area contributed by atoms with Gasteiger partial charge in [-0.2, -0.15) is 0 Å². The van der Waals surface area contributed by atoms with Crippen molar-refractivity contribution >= 4 is 27.7 Å². The number of aldehydes is 3. The van der Waals surface area contributed by atoms with E-state index in [4.69, 9.17) is 13.3 Å². The molecule has 0 aromatic rings. The minimum absolute atomic E-state index is 0.565. The van der Waals surface area contributed by atoms with Crippen LogP contribution in [0.5, 0.6) is 0 Å². The highest BCUT2D eigenvalue weighted by Crippen LogP contribution is 2.17. The molecule has 0 radical (unpaired) electrons. The van der Waals surface area contributed by atoms with Crippen molar-refractivity contribution in [2.75, 3.05) is 0 Å². The fourth-order valence-electron chi connectivity index (χ4n) is 1.09. The molecule has 0 aromatic heterocycles. The largest absolute Gasteiger partial charge is 0.530 e. The van der Waals surface area contributed by atoms with Gasteiger partial charge in [-0.25, -0.2) is 0 Å². The van der Waals surface area contributed by atoms with Gasteiger partial charge in [-0.1, -0.05) is 6.58 Å². The number of hydrogen-bond acceptors (Lipinski definition) is 6. The van der Waals surface area contributed by atoms with E-state index in [2.05, 4.69) is 6.58 Å². The molecular weight excluding hydrogens is 256 g/mol. The predicted octanol–water partition coefficient (Wildman–Crippen LogP) is 0.462. The Morgan fingerprint density at radius 1 is 0.833 bits per heavy atom. The van der Waals surface area contributed by atoms with Gasteiger partial charge in [0.2, 0.25) is 0 Å². The van der Waals surface area contributed by atoms with Crippen molar-refractivity contribution in [3.8, 4) is 0 Å². The van der Waals surface area contributed by atoms with Crippen molar-refractivity contribution < 1.29 is 27.7 Å². The average molecular weight is 274 g/mol. The van der Waals surface area contributed by atoms with Gasteiger partial charge in [0.1, 0.15) is 37.2 Å². The third-order valence-electron chi connectivity index (χ3n) is 1.88. The molecule has 7 heteroatoms. The molecule has 0 rings (SSSR count). The second-order valence-corrected chi connectivity index (χ2v) is 6.01. The SMILES string of the molecule is C=C[Si](OC(C)C=O)(OC(C)C=O)OC(C)C=O. The van der Waals surface area contributed by atoms with Crippen LogP contribution < -0.4 is 0 Å². The van der Waals surface area contributed by atoms with E-state index in [0.29, 0.717) is 18.9 Å². The Bertz CT molecular complexity index is 265. The zero-order valence-corrected chi connectivity index (χ0v) is 11.7. The summed E-state index contributed by atoms with van der Waals surface area (Å²) in [4.78, 5) is 31.9. The van der Waals surface area contributed by atoms with Gasteiger partial charge in [-0.15, -0.1) is 0 Å². The van der Waals surface area contributed by atoms with Crippen molar-refractivity contribution in [2.24, 2.45) is 0 Å². The zero-order chi connectivity index (χ0) is 14.2. The topological polar surface area (TPSA) is 78.9 Å². The molecule has 18 heavy (non-hydrogen) atoms. The van der Waals surface area contributed by atoms with Crippen LogP contribution >= 0.6 is 0 Å². The van der Waals surface area contributed by atoms with Gasteiger partial charge in [-0.05, 0) is 26.5 Å².